The Labute approximate surface area is 130 Å². The van der Waals surface area contributed by atoms with Gasteiger partial charge in [0.2, 0.25) is 0 Å². The molecule has 0 radical (unpaired) electrons. The molecule has 0 aromatic heterocycles. The van der Waals surface area contributed by atoms with Crippen molar-refractivity contribution in [3.63, 3.8) is 0 Å². The molecule has 1 aromatic carbocycles. The highest BCUT2D eigenvalue weighted by atomic mass is 79.9. The van der Waals surface area contributed by atoms with E-state index in [2.05, 4.69) is 21.2 Å². The minimum absolute atomic E-state index is 0.229. The van der Waals surface area contributed by atoms with Gasteiger partial charge in [-0.15, -0.1) is 23.2 Å². The normalized spacial score (nSPS) is 11.4. The quantitative estimate of drug-likeness (QED) is 0.759. The Hall–Kier alpha value is 0.0400. The molecule has 0 aliphatic rings. The Bertz CT molecular complexity index is 427. The van der Waals surface area contributed by atoms with Crippen LogP contribution in [0.25, 0.3) is 0 Å². The predicted molar refractivity (Wildman–Crippen MR) is 81.1 cm³/mol. The van der Waals surface area contributed by atoms with E-state index in [9.17, 15) is 4.79 Å². The molecule has 1 aromatic rings. The number of carbonyl (C=O) groups is 1. The third-order valence-corrected chi connectivity index (χ3v) is 5.00. The van der Waals surface area contributed by atoms with E-state index in [1.165, 1.54) is 0 Å². The number of nitrogens with one attached hydrogen (secondary N) is 1. The Kier molecular flexibility index (Phi) is 6.25. The summed E-state index contributed by atoms with van der Waals surface area (Å²) in [7, 11) is 0. The number of amides is 1. The van der Waals surface area contributed by atoms with Crippen molar-refractivity contribution >= 4 is 56.6 Å². The summed E-state index contributed by atoms with van der Waals surface area (Å²) in [5.74, 6) is 0.305. The minimum atomic E-state index is -0.584. The highest BCUT2D eigenvalue weighted by molar-refractivity contribution is 9.10. The molecule has 0 unspecified atom stereocenters. The molecule has 0 aliphatic carbocycles. The molecule has 6 heteroatoms. The standard InChI is InChI=1S/C12H13BrCl3NO/c1-2-12(6-14,7-15)17-11(18)8-3-4-9(13)10(16)5-8/h3-5H,2,6-7H2,1H3,(H,17,18). The molecule has 1 amide bonds. The van der Waals surface area contributed by atoms with E-state index in [1.807, 2.05) is 6.92 Å². The minimum Gasteiger partial charge on any atom is -0.344 e. The van der Waals surface area contributed by atoms with Crippen molar-refractivity contribution in [2.24, 2.45) is 0 Å². The number of hydrogen-bond acceptors (Lipinski definition) is 1. The molecule has 0 atom stereocenters. The second-order valence-corrected chi connectivity index (χ2v) is 5.78. The fraction of sp³-hybridized carbons (Fsp3) is 0.417. The number of benzene rings is 1. The molecule has 0 heterocycles. The molecule has 1 rings (SSSR count). The third kappa shape index (κ3) is 3.77. The summed E-state index contributed by atoms with van der Waals surface area (Å²) in [6.07, 6.45) is 0.663. The summed E-state index contributed by atoms with van der Waals surface area (Å²) < 4.78 is 0.747. The lowest BCUT2D eigenvalue weighted by Crippen LogP contribution is -2.51. The van der Waals surface area contributed by atoms with E-state index in [-0.39, 0.29) is 17.7 Å². The Morgan fingerprint density at radius 2 is 2.00 bits per heavy atom. The van der Waals surface area contributed by atoms with Gasteiger partial charge in [-0.25, -0.2) is 0 Å². The van der Waals surface area contributed by atoms with E-state index in [1.54, 1.807) is 18.2 Å². The van der Waals surface area contributed by atoms with Gasteiger partial charge < -0.3 is 5.32 Å². The number of hydrogen-bond donors (Lipinski definition) is 1. The van der Waals surface area contributed by atoms with Crippen LogP contribution in [0, 0.1) is 0 Å². The van der Waals surface area contributed by atoms with E-state index in [0.29, 0.717) is 17.0 Å². The van der Waals surface area contributed by atoms with E-state index < -0.39 is 5.54 Å². The second-order valence-electron chi connectivity index (χ2n) is 3.98. The van der Waals surface area contributed by atoms with Crippen molar-refractivity contribution in [1.82, 2.24) is 5.32 Å². The molecular formula is C12H13BrCl3NO. The molecular weight excluding hydrogens is 360 g/mol. The first-order chi connectivity index (χ1) is 8.48. The van der Waals surface area contributed by atoms with Gasteiger partial charge in [0, 0.05) is 21.8 Å². The van der Waals surface area contributed by atoms with Crippen molar-refractivity contribution in [3.05, 3.63) is 33.3 Å². The van der Waals surface area contributed by atoms with Gasteiger partial charge >= 0.3 is 0 Å². The average Bonchev–Trinajstić information content (AvgIpc) is 2.39. The second kappa shape index (κ2) is 6.99. The molecule has 18 heavy (non-hydrogen) atoms. The zero-order chi connectivity index (χ0) is 13.8. The fourth-order valence-electron chi connectivity index (χ4n) is 1.33. The fourth-order valence-corrected chi connectivity index (χ4v) is 2.55. The Morgan fingerprint density at radius 3 is 2.44 bits per heavy atom. The van der Waals surface area contributed by atoms with Gasteiger partial charge in [-0.1, -0.05) is 18.5 Å². The van der Waals surface area contributed by atoms with Crippen LogP contribution in [-0.4, -0.2) is 23.2 Å². The summed E-state index contributed by atoms with van der Waals surface area (Å²) in [5.41, 5.74) is -0.101. The van der Waals surface area contributed by atoms with Crippen LogP contribution in [0.15, 0.2) is 22.7 Å². The monoisotopic (exact) mass is 371 g/mol. The summed E-state index contributed by atoms with van der Waals surface area (Å²) in [4.78, 5) is 12.1. The van der Waals surface area contributed by atoms with Crippen LogP contribution in [0.4, 0.5) is 0 Å². The summed E-state index contributed by atoms with van der Waals surface area (Å²) in [6, 6.07) is 5.02. The predicted octanol–water partition coefficient (Wildman–Crippen LogP) is 4.46. The van der Waals surface area contributed by atoms with Crippen molar-refractivity contribution < 1.29 is 4.79 Å². The molecule has 0 bridgehead atoms. The lowest BCUT2D eigenvalue weighted by atomic mass is 10.0. The van der Waals surface area contributed by atoms with Gasteiger partial charge in [-0.3, -0.25) is 4.79 Å². The van der Waals surface area contributed by atoms with Gasteiger partial charge in [-0.2, -0.15) is 0 Å². The van der Waals surface area contributed by atoms with Gasteiger partial charge in [0.15, 0.2) is 0 Å². The smallest absolute Gasteiger partial charge is 0.251 e. The maximum Gasteiger partial charge on any atom is 0.251 e. The molecule has 0 spiro atoms. The number of carbonyl (C=O) groups excluding carboxylic acids is 1. The lowest BCUT2D eigenvalue weighted by Gasteiger charge is -2.29. The highest BCUT2D eigenvalue weighted by Crippen LogP contribution is 2.24. The zero-order valence-corrected chi connectivity index (χ0v) is 13.6. The zero-order valence-electron chi connectivity index (χ0n) is 9.77. The lowest BCUT2D eigenvalue weighted by molar-refractivity contribution is 0.0913. The molecule has 0 saturated heterocycles. The van der Waals surface area contributed by atoms with Crippen LogP contribution in [-0.2, 0) is 0 Å². The highest BCUT2D eigenvalue weighted by Gasteiger charge is 2.28. The third-order valence-electron chi connectivity index (χ3n) is 2.75. The molecule has 0 aliphatic heterocycles. The Morgan fingerprint density at radius 1 is 1.39 bits per heavy atom. The molecule has 0 fully saturated rings. The number of alkyl halides is 2. The van der Waals surface area contributed by atoms with Gasteiger partial charge in [0.1, 0.15) is 0 Å². The van der Waals surface area contributed by atoms with Crippen LogP contribution in [0.1, 0.15) is 23.7 Å². The van der Waals surface area contributed by atoms with E-state index >= 15 is 0 Å². The first-order valence-corrected chi connectivity index (χ1v) is 7.61. The summed E-state index contributed by atoms with van der Waals surface area (Å²) in [6.45, 7) is 1.93. The van der Waals surface area contributed by atoms with Crippen LogP contribution in [0.3, 0.4) is 0 Å². The van der Waals surface area contributed by atoms with E-state index in [0.717, 1.165) is 4.47 Å². The molecule has 1 N–H and O–H groups in total. The van der Waals surface area contributed by atoms with Crippen molar-refractivity contribution in [2.75, 3.05) is 11.8 Å². The van der Waals surface area contributed by atoms with Crippen LogP contribution < -0.4 is 5.32 Å². The average molecular weight is 374 g/mol. The first-order valence-electron chi connectivity index (χ1n) is 5.37. The Balaban J connectivity index is 2.90. The van der Waals surface area contributed by atoms with Crippen LogP contribution in [0.5, 0.6) is 0 Å². The summed E-state index contributed by atoms with van der Waals surface area (Å²) in [5, 5.41) is 3.35. The summed E-state index contributed by atoms with van der Waals surface area (Å²) >= 11 is 21.0. The molecule has 0 saturated carbocycles. The number of halogens is 4. The van der Waals surface area contributed by atoms with Crippen molar-refractivity contribution in [3.8, 4) is 0 Å². The molecule has 2 nitrogen and oxygen atoms in total. The van der Waals surface area contributed by atoms with Crippen LogP contribution in [0.2, 0.25) is 5.02 Å². The number of rotatable bonds is 5. The maximum absolute atomic E-state index is 12.1. The first kappa shape index (κ1) is 16.1. The van der Waals surface area contributed by atoms with Gasteiger partial charge in [-0.05, 0) is 40.5 Å². The largest absolute Gasteiger partial charge is 0.344 e. The van der Waals surface area contributed by atoms with E-state index in [4.69, 9.17) is 34.8 Å². The maximum atomic E-state index is 12.1. The van der Waals surface area contributed by atoms with Crippen molar-refractivity contribution in [2.45, 2.75) is 18.9 Å². The van der Waals surface area contributed by atoms with Gasteiger partial charge in [0.05, 0.1) is 10.6 Å². The molecule has 100 valence electrons. The topological polar surface area (TPSA) is 29.1 Å². The van der Waals surface area contributed by atoms with Crippen LogP contribution >= 0.6 is 50.7 Å². The SMILES string of the molecule is CCC(CCl)(CCl)NC(=O)c1ccc(Br)c(Cl)c1. The van der Waals surface area contributed by atoms with Crippen molar-refractivity contribution in [1.29, 1.82) is 0 Å². The van der Waals surface area contributed by atoms with Gasteiger partial charge in [0.25, 0.3) is 5.91 Å².